The fourth-order valence-corrected chi connectivity index (χ4v) is 3.71. The largest absolute Gasteiger partial charge is 0.465 e. The van der Waals surface area contributed by atoms with Crippen molar-refractivity contribution in [2.45, 2.75) is 39.5 Å². The van der Waals surface area contributed by atoms with Gasteiger partial charge in [-0.15, -0.1) is 0 Å². The lowest BCUT2D eigenvalue weighted by Gasteiger charge is -2.22. The number of ether oxygens (including phenoxy) is 2. The van der Waals surface area contributed by atoms with Gasteiger partial charge < -0.3 is 24.3 Å². The molecule has 2 aromatic rings. The number of carbonyl (C=O) groups excluding carboxylic acids is 3. The molecule has 0 fully saturated rings. The van der Waals surface area contributed by atoms with Crippen molar-refractivity contribution in [2.75, 3.05) is 26.8 Å². The first-order valence-electron chi connectivity index (χ1n) is 10.5. The quantitative estimate of drug-likeness (QED) is 0.654. The number of aromatic nitrogens is 1. The van der Waals surface area contributed by atoms with Gasteiger partial charge in [0.15, 0.2) is 0 Å². The van der Waals surface area contributed by atoms with Gasteiger partial charge in [-0.3, -0.25) is 14.4 Å². The van der Waals surface area contributed by atoms with Gasteiger partial charge in [0.25, 0.3) is 11.8 Å². The number of hydrogen-bond acceptors (Lipinski definition) is 5. The van der Waals surface area contributed by atoms with Gasteiger partial charge in [-0.25, -0.2) is 0 Å². The van der Waals surface area contributed by atoms with E-state index in [4.69, 9.17) is 9.47 Å². The van der Waals surface area contributed by atoms with E-state index in [1.165, 1.54) is 4.90 Å². The van der Waals surface area contributed by atoms with Crippen LogP contribution in [0.3, 0.4) is 0 Å². The van der Waals surface area contributed by atoms with Crippen LogP contribution in [0.1, 0.15) is 58.4 Å². The third kappa shape index (κ3) is 5.14. The SMILES string of the molecule is CCOC(=O)CN(C)C(=O)c1cc(C(=O)NC(CC)c2ccccc2)c2n1CCOC2. The predicted octanol–water partition coefficient (Wildman–Crippen LogP) is 2.53. The molecule has 0 saturated heterocycles. The Hall–Kier alpha value is -3.13. The molecule has 2 heterocycles. The molecule has 0 radical (unpaired) electrons. The Morgan fingerprint density at radius 1 is 1.23 bits per heavy atom. The molecular weight excluding hydrogens is 398 g/mol. The summed E-state index contributed by atoms with van der Waals surface area (Å²) < 4.78 is 12.3. The van der Waals surface area contributed by atoms with E-state index in [-0.39, 0.29) is 37.6 Å². The van der Waals surface area contributed by atoms with Crippen LogP contribution in [-0.4, -0.2) is 54.1 Å². The Morgan fingerprint density at radius 2 is 1.97 bits per heavy atom. The van der Waals surface area contributed by atoms with Gasteiger partial charge in [0.05, 0.1) is 37.1 Å². The second-order valence-corrected chi connectivity index (χ2v) is 7.41. The van der Waals surface area contributed by atoms with Crippen LogP contribution >= 0.6 is 0 Å². The highest BCUT2D eigenvalue weighted by Gasteiger charge is 2.29. The van der Waals surface area contributed by atoms with Crippen molar-refractivity contribution in [1.29, 1.82) is 0 Å². The smallest absolute Gasteiger partial charge is 0.325 e. The first-order chi connectivity index (χ1) is 15.0. The number of amides is 2. The van der Waals surface area contributed by atoms with Crippen LogP contribution in [0.15, 0.2) is 36.4 Å². The first-order valence-corrected chi connectivity index (χ1v) is 10.5. The van der Waals surface area contributed by atoms with Gasteiger partial charge in [0, 0.05) is 13.6 Å². The maximum Gasteiger partial charge on any atom is 0.325 e. The fraction of sp³-hybridized carbons (Fsp3) is 0.435. The zero-order chi connectivity index (χ0) is 22.4. The lowest BCUT2D eigenvalue weighted by atomic mass is 10.0. The minimum atomic E-state index is -0.473. The van der Waals surface area contributed by atoms with E-state index in [0.717, 1.165) is 12.0 Å². The molecule has 1 atom stereocenters. The van der Waals surface area contributed by atoms with Gasteiger partial charge in [-0.05, 0) is 25.0 Å². The fourth-order valence-electron chi connectivity index (χ4n) is 3.71. The number of benzene rings is 1. The summed E-state index contributed by atoms with van der Waals surface area (Å²) in [7, 11) is 1.54. The summed E-state index contributed by atoms with van der Waals surface area (Å²) in [5, 5.41) is 3.07. The van der Waals surface area contributed by atoms with Crippen molar-refractivity contribution < 1.29 is 23.9 Å². The molecule has 3 rings (SSSR count). The summed E-state index contributed by atoms with van der Waals surface area (Å²) in [4.78, 5) is 39.2. The van der Waals surface area contributed by atoms with Crippen molar-refractivity contribution in [3.05, 3.63) is 58.9 Å². The van der Waals surface area contributed by atoms with E-state index in [2.05, 4.69) is 5.32 Å². The average molecular weight is 428 g/mol. The zero-order valence-corrected chi connectivity index (χ0v) is 18.2. The van der Waals surface area contributed by atoms with E-state index in [1.807, 2.05) is 41.8 Å². The van der Waals surface area contributed by atoms with Gasteiger partial charge in [-0.1, -0.05) is 37.3 Å². The molecule has 8 nitrogen and oxygen atoms in total. The number of rotatable bonds is 8. The topological polar surface area (TPSA) is 89.9 Å². The molecule has 0 saturated carbocycles. The van der Waals surface area contributed by atoms with Crippen LogP contribution in [0.2, 0.25) is 0 Å². The maximum atomic E-state index is 13.1. The van der Waals surface area contributed by atoms with Gasteiger partial charge in [0.1, 0.15) is 12.2 Å². The molecule has 1 N–H and O–H groups in total. The third-order valence-electron chi connectivity index (χ3n) is 5.30. The maximum absolute atomic E-state index is 13.1. The Balaban J connectivity index is 1.84. The Kier molecular flexibility index (Phi) is 7.46. The van der Waals surface area contributed by atoms with Crippen molar-refractivity contribution >= 4 is 17.8 Å². The minimum absolute atomic E-state index is 0.139. The highest BCUT2D eigenvalue weighted by Crippen LogP contribution is 2.24. The summed E-state index contributed by atoms with van der Waals surface area (Å²) in [6.45, 7) is 4.99. The zero-order valence-electron chi connectivity index (χ0n) is 18.2. The standard InChI is InChI=1S/C23H29N3O5/c1-4-18(16-9-7-6-8-10-16)24-22(28)17-13-19(26-11-12-30-15-20(17)26)23(29)25(3)14-21(27)31-5-2/h6-10,13,18H,4-5,11-12,14-15H2,1-3H3,(H,24,28). The summed E-state index contributed by atoms with van der Waals surface area (Å²) in [5.74, 6) is -1.07. The lowest BCUT2D eigenvalue weighted by Crippen LogP contribution is -2.35. The Morgan fingerprint density at radius 3 is 2.65 bits per heavy atom. The Bertz CT molecular complexity index is 938. The van der Waals surface area contributed by atoms with Gasteiger partial charge in [-0.2, -0.15) is 0 Å². The van der Waals surface area contributed by atoms with E-state index in [1.54, 1.807) is 20.0 Å². The summed E-state index contributed by atoms with van der Waals surface area (Å²) >= 11 is 0. The second-order valence-electron chi connectivity index (χ2n) is 7.41. The highest BCUT2D eigenvalue weighted by molar-refractivity contribution is 6.01. The molecule has 1 aromatic heterocycles. The third-order valence-corrected chi connectivity index (χ3v) is 5.30. The molecule has 1 aliphatic rings. The molecule has 0 bridgehead atoms. The highest BCUT2D eigenvalue weighted by atomic mass is 16.5. The van der Waals surface area contributed by atoms with Crippen molar-refractivity contribution in [3.63, 3.8) is 0 Å². The minimum Gasteiger partial charge on any atom is -0.465 e. The van der Waals surface area contributed by atoms with Crippen LogP contribution in [0, 0.1) is 0 Å². The first kappa shape index (κ1) is 22.6. The Labute approximate surface area is 182 Å². The van der Waals surface area contributed by atoms with Crippen LogP contribution in [-0.2, 0) is 27.4 Å². The number of likely N-dealkylation sites (N-methyl/N-ethyl adjacent to an activating group) is 1. The van der Waals surface area contributed by atoms with Crippen molar-refractivity contribution in [3.8, 4) is 0 Å². The van der Waals surface area contributed by atoms with E-state index >= 15 is 0 Å². The lowest BCUT2D eigenvalue weighted by molar-refractivity contribution is -0.143. The summed E-state index contributed by atoms with van der Waals surface area (Å²) in [5.41, 5.74) is 2.47. The van der Waals surface area contributed by atoms with Crippen LogP contribution in [0.5, 0.6) is 0 Å². The van der Waals surface area contributed by atoms with Crippen LogP contribution in [0.25, 0.3) is 0 Å². The second kappa shape index (κ2) is 10.3. The predicted molar refractivity (Wildman–Crippen MR) is 115 cm³/mol. The van der Waals surface area contributed by atoms with Gasteiger partial charge >= 0.3 is 5.97 Å². The molecule has 8 heteroatoms. The van der Waals surface area contributed by atoms with Gasteiger partial charge in [0.2, 0.25) is 0 Å². The molecule has 1 aromatic carbocycles. The normalized spacial score (nSPS) is 13.8. The van der Waals surface area contributed by atoms with Crippen LogP contribution in [0.4, 0.5) is 0 Å². The monoisotopic (exact) mass is 427 g/mol. The molecule has 0 aliphatic carbocycles. The molecule has 2 amide bonds. The van der Waals surface area contributed by atoms with Crippen molar-refractivity contribution in [2.24, 2.45) is 0 Å². The van der Waals surface area contributed by atoms with E-state index in [9.17, 15) is 14.4 Å². The summed E-state index contributed by atoms with van der Waals surface area (Å²) in [6, 6.07) is 11.2. The molecule has 1 aliphatic heterocycles. The molecule has 166 valence electrons. The number of fused-ring (bicyclic) bond motifs is 1. The molecule has 31 heavy (non-hydrogen) atoms. The number of nitrogens with zero attached hydrogens (tertiary/aromatic N) is 2. The van der Waals surface area contributed by atoms with Crippen LogP contribution < -0.4 is 5.32 Å². The number of nitrogens with one attached hydrogen (secondary N) is 1. The van der Waals surface area contributed by atoms with E-state index in [0.29, 0.717) is 30.1 Å². The van der Waals surface area contributed by atoms with E-state index < -0.39 is 5.97 Å². The average Bonchev–Trinajstić information content (AvgIpc) is 3.17. The molecular formula is C23H29N3O5. The number of esters is 1. The van der Waals surface area contributed by atoms with Crippen molar-refractivity contribution in [1.82, 2.24) is 14.8 Å². The molecule has 0 spiro atoms. The number of hydrogen-bond donors (Lipinski definition) is 1. The number of carbonyl (C=O) groups is 3. The summed E-state index contributed by atoms with van der Waals surface area (Å²) in [6.07, 6.45) is 0.733. The molecule has 1 unspecified atom stereocenters.